The largest absolute Gasteiger partial charge is 0.375 e. The van der Waals surface area contributed by atoms with Crippen molar-refractivity contribution in [3.05, 3.63) is 0 Å². The van der Waals surface area contributed by atoms with E-state index in [0.29, 0.717) is 18.1 Å². The molecule has 2 rings (SSSR count). The molecule has 15 heavy (non-hydrogen) atoms. The van der Waals surface area contributed by atoms with E-state index in [9.17, 15) is 0 Å². The molecular formula is C12H24N2O. The van der Waals surface area contributed by atoms with Crippen molar-refractivity contribution in [1.82, 2.24) is 10.2 Å². The monoisotopic (exact) mass is 212 g/mol. The summed E-state index contributed by atoms with van der Waals surface area (Å²) in [7, 11) is 0. The SMILES string of the molecule is CC1OC(C)C(CN2CCNCC2)C1C. The van der Waals surface area contributed by atoms with Gasteiger partial charge in [0.05, 0.1) is 12.2 Å². The summed E-state index contributed by atoms with van der Waals surface area (Å²) in [5, 5.41) is 3.40. The highest BCUT2D eigenvalue weighted by Crippen LogP contribution is 2.32. The lowest BCUT2D eigenvalue weighted by molar-refractivity contribution is 0.0466. The van der Waals surface area contributed by atoms with Crippen molar-refractivity contribution in [2.45, 2.75) is 33.0 Å². The van der Waals surface area contributed by atoms with Crippen LogP contribution in [-0.4, -0.2) is 49.8 Å². The topological polar surface area (TPSA) is 24.5 Å². The predicted molar refractivity (Wildman–Crippen MR) is 62.0 cm³/mol. The van der Waals surface area contributed by atoms with E-state index < -0.39 is 0 Å². The minimum Gasteiger partial charge on any atom is -0.375 e. The first kappa shape index (κ1) is 11.4. The smallest absolute Gasteiger partial charge is 0.0594 e. The molecule has 88 valence electrons. The second-order valence-electron chi connectivity index (χ2n) is 5.12. The summed E-state index contributed by atoms with van der Waals surface area (Å²) in [5.41, 5.74) is 0. The van der Waals surface area contributed by atoms with Crippen molar-refractivity contribution in [2.24, 2.45) is 11.8 Å². The molecule has 2 saturated heterocycles. The molecule has 0 saturated carbocycles. The van der Waals surface area contributed by atoms with Gasteiger partial charge in [-0.1, -0.05) is 6.92 Å². The molecule has 1 N–H and O–H groups in total. The van der Waals surface area contributed by atoms with E-state index in [1.807, 2.05) is 0 Å². The standard InChI is InChI=1S/C12H24N2O/c1-9-10(2)15-11(3)12(9)8-14-6-4-13-5-7-14/h9-13H,4-8H2,1-3H3. The molecule has 0 radical (unpaired) electrons. The number of ether oxygens (including phenoxy) is 1. The van der Waals surface area contributed by atoms with E-state index in [4.69, 9.17) is 4.74 Å². The fourth-order valence-electron chi connectivity index (χ4n) is 2.85. The molecule has 0 spiro atoms. The van der Waals surface area contributed by atoms with Crippen LogP contribution >= 0.6 is 0 Å². The normalized spacial score (nSPS) is 43.4. The van der Waals surface area contributed by atoms with E-state index in [-0.39, 0.29) is 0 Å². The van der Waals surface area contributed by atoms with Crippen molar-refractivity contribution in [2.75, 3.05) is 32.7 Å². The molecule has 2 aliphatic heterocycles. The maximum absolute atomic E-state index is 5.89. The van der Waals surface area contributed by atoms with E-state index in [2.05, 4.69) is 31.0 Å². The molecule has 0 aromatic rings. The minimum atomic E-state index is 0.435. The Bertz CT molecular complexity index is 204. The number of nitrogens with zero attached hydrogens (tertiary/aromatic N) is 1. The van der Waals surface area contributed by atoms with E-state index >= 15 is 0 Å². The van der Waals surface area contributed by atoms with Gasteiger partial charge in [0.2, 0.25) is 0 Å². The lowest BCUT2D eigenvalue weighted by Gasteiger charge is -2.31. The van der Waals surface area contributed by atoms with Crippen molar-refractivity contribution < 1.29 is 4.74 Å². The van der Waals surface area contributed by atoms with Crippen LogP contribution in [0.15, 0.2) is 0 Å². The Morgan fingerprint density at radius 2 is 1.80 bits per heavy atom. The highest BCUT2D eigenvalue weighted by atomic mass is 16.5. The zero-order chi connectivity index (χ0) is 10.8. The van der Waals surface area contributed by atoms with Gasteiger partial charge in [0.1, 0.15) is 0 Å². The van der Waals surface area contributed by atoms with Crippen molar-refractivity contribution in [3.63, 3.8) is 0 Å². The lowest BCUT2D eigenvalue weighted by Crippen LogP contribution is -2.46. The molecule has 3 heteroatoms. The van der Waals surface area contributed by atoms with Gasteiger partial charge >= 0.3 is 0 Å². The fraction of sp³-hybridized carbons (Fsp3) is 1.00. The summed E-state index contributed by atoms with van der Waals surface area (Å²) < 4.78 is 5.89. The number of hydrogen-bond donors (Lipinski definition) is 1. The maximum Gasteiger partial charge on any atom is 0.0594 e. The Balaban J connectivity index is 1.87. The highest BCUT2D eigenvalue weighted by molar-refractivity contribution is 4.86. The van der Waals surface area contributed by atoms with E-state index in [0.717, 1.165) is 19.0 Å². The molecule has 3 nitrogen and oxygen atoms in total. The molecule has 0 aliphatic carbocycles. The van der Waals surface area contributed by atoms with Crippen LogP contribution in [0.25, 0.3) is 0 Å². The average Bonchev–Trinajstić information content (AvgIpc) is 2.47. The third kappa shape index (κ3) is 2.52. The first-order valence-corrected chi connectivity index (χ1v) is 6.27. The number of nitrogens with one attached hydrogen (secondary N) is 1. The summed E-state index contributed by atoms with van der Waals surface area (Å²) in [5.74, 6) is 1.42. The fourth-order valence-corrected chi connectivity index (χ4v) is 2.85. The van der Waals surface area contributed by atoms with Crippen LogP contribution < -0.4 is 5.32 Å². The molecule has 0 aromatic carbocycles. The van der Waals surface area contributed by atoms with Crippen LogP contribution in [0.3, 0.4) is 0 Å². The van der Waals surface area contributed by atoms with Crippen LogP contribution in [0.4, 0.5) is 0 Å². The summed E-state index contributed by atoms with van der Waals surface area (Å²) >= 11 is 0. The Labute approximate surface area is 93.2 Å². The quantitative estimate of drug-likeness (QED) is 0.737. The molecule has 0 aromatic heterocycles. The van der Waals surface area contributed by atoms with Gasteiger partial charge in [0.25, 0.3) is 0 Å². The molecule has 2 fully saturated rings. The summed E-state index contributed by atoms with van der Waals surface area (Å²) in [6, 6.07) is 0. The Morgan fingerprint density at radius 3 is 2.33 bits per heavy atom. The van der Waals surface area contributed by atoms with Gasteiger partial charge in [-0.15, -0.1) is 0 Å². The minimum absolute atomic E-state index is 0.435. The third-order valence-electron chi connectivity index (χ3n) is 4.13. The molecular weight excluding hydrogens is 188 g/mol. The number of rotatable bonds is 2. The summed E-state index contributed by atoms with van der Waals surface area (Å²) in [6.07, 6.45) is 0.873. The molecule has 4 unspecified atom stereocenters. The molecule has 0 bridgehead atoms. The van der Waals surface area contributed by atoms with Gasteiger partial charge in [0, 0.05) is 38.6 Å². The highest BCUT2D eigenvalue weighted by Gasteiger charge is 2.37. The molecule has 2 aliphatic rings. The first-order valence-electron chi connectivity index (χ1n) is 6.27. The zero-order valence-electron chi connectivity index (χ0n) is 10.2. The molecule has 0 amide bonds. The third-order valence-corrected chi connectivity index (χ3v) is 4.13. The van der Waals surface area contributed by atoms with Crippen LogP contribution in [-0.2, 0) is 4.74 Å². The lowest BCUT2D eigenvalue weighted by atomic mass is 9.89. The van der Waals surface area contributed by atoms with Gasteiger partial charge in [-0.05, 0) is 19.8 Å². The Kier molecular flexibility index (Phi) is 3.65. The van der Waals surface area contributed by atoms with Crippen molar-refractivity contribution >= 4 is 0 Å². The Morgan fingerprint density at radius 1 is 1.13 bits per heavy atom. The summed E-state index contributed by atoms with van der Waals surface area (Å²) in [6.45, 7) is 12.7. The van der Waals surface area contributed by atoms with Crippen molar-refractivity contribution in [3.8, 4) is 0 Å². The van der Waals surface area contributed by atoms with Crippen LogP contribution in [0, 0.1) is 11.8 Å². The van der Waals surface area contributed by atoms with Gasteiger partial charge in [-0.2, -0.15) is 0 Å². The van der Waals surface area contributed by atoms with E-state index in [1.54, 1.807) is 0 Å². The zero-order valence-corrected chi connectivity index (χ0v) is 10.2. The van der Waals surface area contributed by atoms with Crippen LogP contribution in [0.1, 0.15) is 20.8 Å². The van der Waals surface area contributed by atoms with Gasteiger partial charge < -0.3 is 15.0 Å². The average molecular weight is 212 g/mol. The summed E-state index contributed by atoms with van der Waals surface area (Å²) in [4.78, 5) is 2.58. The predicted octanol–water partition coefficient (Wildman–Crippen LogP) is 0.951. The molecule has 2 heterocycles. The van der Waals surface area contributed by atoms with Gasteiger partial charge in [-0.25, -0.2) is 0 Å². The van der Waals surface area contributed by atoms with Crippen molar-refractivity contribution in [1.29, 1.82) is 0 Å². The number of piperazine rings is 1. The molecule has 4 atom stereocenters. The van der Waals surface area contributed by atoms with Gasteiger partial charge in [-0.3, -0.25) is 0 Å². The van der Waals surface area contributed by atoms with E-state index in [1.165, 1.54) is 19.6 Å². The Hall–Kier alpha value is -0.120. The van der Waals surface area contributed by atoms with Crippen LogP contribution in [0.5, 0.6) is 0 Å². The van der Waals surface area contributed by atoms with Crippen LogP contribution in [0.2, 0.25) is 0 Å². The second kappa shape index (κ2) is 4.81. The number of hydrogen-bond acceptors (Lipinski definition) is 3. The maximum atomic E-state index is 5.89. The first-order chi connectivity index (χ1) is 7.18. The van der Waals surface area contributed by atoms with Gasteiger partial charge in [0.15, 0.2) is 0 Å². The second-order valence-corrected chi connectivity index (χ2v) is 5.12.